The number of piperazine rings is 1. The van der Waals surface area contributed by atoms with Crippen molar-refractivity contribution in [1.82, 2.24) is 25.1 Å². The Morgan fingerprint density at radius 2 is 1.69 bits per heavy atom. The van der Waals surface area contributed by atoms with Crippen LogP contribution in [0.15, 0.2) is 106 Å². The number of amides is 2. The molecule has 1 aliphatic heterocycles. The van der Waals surface area contributed by atoms with E-state index < -0.39 is 21.8 Å². The normalized spacial score (nSPS) is 14.0. The highest BCUT2D eigenvalue weighted by Gasteiger charge is 2.26. The maximum atomic E-state index is 14.2. The van der Waals surface area contributed by atoms with Gasteiger partial charge in [-0.05, 0) is 98.6 Å². The van der Waals surface area contributed by atoms with E-state index in [2.05, 4.69) is 25.5 Å². The van der Waals surface area contributed by atoms with Crippen LogP contribution in [0.1, 0.15) is 63.6 Å². The number of carbonyl (C=O) groups is 2. The summed E-state index contributed by atoms with van der Waals surface area (Å²) in [5, 5.41) is 28.4. The summed E-state index contributed by atoms with van der Waals surface area (Å²) in [4.78, 5) is 49.1. The van der Waals surface area contributed by atoms with Crippen molar-refractivity contribution in [2.75, 3.05) is 58.2 Å². The summed E-state index contributed by atoms with van der Waals surface area (Å²) in [6.45, 7) is 6.22. The predicted octanol–water partition coefficient (Wildman–Crippen LogP) is 5.42. The first kappa shape index (κ1) is 43.7. The molecule has 0 radical (unpaired) electrons. The number of aryl methyl sites for hydroxylation is 1. The van der Waals surface area contributed by atoms with Crippen molar-refractivity contribution in [3.8, 4) is 11.5 Å². The number of nitrogens with one attached hydrogen (secondary N) is 3. The number of hydrogen-bond donors (Lipinski definition) is 6. The number of aliphatic hydroxyl groups excluding tert-OH is 1. The Hall–Kier alpha value is -6.33. The molecular weight excluding hydrogens is 811 g/mol. The zero-order valence-electron chi connectivity index (χ0n) is 34.7. The fraction of sp³-hybridized carbons (Fsp3) is 0.304. The van der Waals surface area contributed by atoms with Gasteiger partial charge in [-0.3, -0.25) is 24.3 Å². The van der Waals surface area contributed by atoms with Crippen LogP contribution in [0.5, 0.6) is 11.5 Å². The smallest absolute Gasteiger partial charge is 0.253 e. The number of aromatic hydroxyl groups is 1. The molecule has 1 fully saturated rings. The zero-order chi connectivity index (χ0) is 44.0. The van der Waals surface area contributed by atoms with Crippen LogP contribution in [-0.4, -0.2) is 103 Å². The summed E-state index contributed by atoms with van der Waals surface area (Å²) in [5.74, 6) is -0.428. The van der Waals surface area contributed by atoms with E-state index in [9.17, 15) is 33.0 Å². The number of nitrogens with two attached hydrogens (primary N) is 1. The average molecular weight is 862 g/mol. The Balaban J connectivity index is 0.909. The second-order valence-corrected chi connectivity index (χ2v) is 17.4. The Morgan fingerprint density at radius 3 is 2.47 bits per heavy atom. The van der Waals surface area contributed by atoms with Crippen LogP contribution >= 0.6 is 0 Å². The van der Waals surface area contributed by atoms with Crippen molar-refractivity contribution in [3.05, 3.63) is 124 Å². The number of carbonyl (C=O) groups excluding carboxylic acids is 2. The number of pyridine rings is 2. The number of aromatic amines is 1. The summed E-state index contributed by atoms with van der Waals surface area (Å²) in [6.07, 6.45) is 4.60. The largest absolute Gasteiger partial charge is 0.506 e. The number of nitrogens with zero attached hydrogens (tertiary/aromatic N) is 3. The molecule has 2 aromatic heterocycles. The van der Waals surface area contributed by atoms with Crippen molar-refractivity contribution in [2.24, 2.45) is 5.73 Å². The number of methoxy groups -OCH3 is 1. The number of phenolic OH excluding ortho intramolecular Hbond substituents is 1. The minimum atomic E-state index is -4.13. The zero-order valence-corrected chi connectivity index (χ0v) is 35.5. The molecule has 1 aliphatic rings. The molecule has 16 heteroatoms. The maximum absolute atomic E-state index is 14.2. The fourth-order valence-electron chi connectivity index (χ4n) is 7.90. The second kappa shape index (κ2) is 19.2. The van der Waals surface area contributed by atoms with Crippen molar-refractivity contribution in [3.63, 3.8) is 0 Å². The predicted molar refractivity (Wildman–Crippen MR) is 238 cm³/mol. The molecule has 3 heterocycles. The van der Waals surface area contributed by atoms with Gasteiger partial charge in [-0.25, -0.2) is 8.42 Å². The maximum Gasteiger partial charge on any atom is 0.253 e. The number of sulfone groups is 1. The Kier molecular flexibility index (Phi) is 13.5. The summed E-state index contributed by atoms with van der Waals surface area (Å²) < 4.78 is 33.8. The third-order valence-electron chi connectivity index (χ3n) is 11.3. The van der Waals surface area contributed by atoms with Gasteiger partial charge in [0.25, 0.3) is 11.8 Å². The number of rotatable bonds is 17. The van der Waals surface area contributed by atoms with E-state index in [-0.39, 0.29) is 38.1 Å². The molecule has 0 bridgehead atoms. The molecule has 1 atom stereocenters. The van der Waals surface area contributed by atoms with Crippen LogP contribution in [0.3, 0.4) is 0 Å². The highest BCUT2D eigenvalue weighted by Crippen LogP contribution is 2.35. The minimum Gasteiger partial charge on any atom is -0.506 e. The average Bonchev–Trinajstić information content (AvgIpc) is 3.27. The number of anilines is 2. The lowest BCUT2D eigenvalue weighted by atomic mass is 10.0. The van der Waals surface area contributed by atoms with E-state index in [4.69, 9.17) is 10.5 Å². The first-order valence-electron chi connectivity index (χ1n) is 20.6. The van der Waals surface area contributed by atoms with Gasteiger partial charge in [0.1, 0.15) is 11.5 Å². The van der Waals surface area contributed by atoms with Crippen LogP contribution in [0.25, 0.3) is 21.8 Å². The monoisotopic (exact) mass is 861 g/mol. The lowest BCUT2D eigenvalue weighted by Crippen LogP contribution is -2.48. The third kappa shape index (κ3) is 9.73. The summed E-state index contributed by atoms with van der Waals surface area (Å²) in [5.41, 5.74) is 8.70. The summed E-state index contributed by atoms with van der Waals surface area (Å²) >= 11 is 0. The lowest BCUT2D eigenvalue weighted by Gasteiger charge is -2.34. The van der Waals surface area contributed by atoms with E-state index in [1.807, 2.05) is 0 Å². The van der Waals surface area contributed by atoms with E-state index in [0.29, 0.717) is 82.8 Å². The molecule has 7 N–H and O–H groups in total. The van der Waals surface area contributed by atoms with Crippen LogP contribution in [-0.2, 0) is 9.84 Å². The number of primary amides is 1. The molecule has 0 unspecified atom stereocenters. The van der Waals surface area contributed by atoms with Crippen LogP contribution in [0, 0.1) is 6.92 Å². The number of aliphatic hydroxyl groups is 1. The fourth-order valence-corrected chi connectivity index (χ4v) is 9.31. The number of ether oxygens (including phenoxy) is 1. The summed E-state index contributed by atoms with van der Waals surface area (Å²) in [6, 6.07) is 22.3. The van der Waals surface area contributed by atoms with Crippen LogP contribution in [0.4, 0.5) is 11.4 Å². The molecule has 0 saturated carbocycles. The first-order chi connectivity index (χ1) is 29.8. The number of aromatic nitrogens is 2. The number of unbranched alkanes of at least 4 members (excludes halogenated alkanes) is 3. The van der Waals surface area contributed by atoms with Gasteiger partial charge in [0.15, 0.2) is 0 Å². The number of benzene rings is 4. The van der Waals surface area contributed by atoms with Crippen molar-refractivity contribution >= 4 is 54.8 Å². The molecular formula is C46H51N7O8S. The molecule has 6 aromatic rings. The lowest BCUT2D eigenvalue weighted by molar-refractivity contribution is 0.0634. The molecule has 0 aliphatic carbocycles. The van der Waals surface area contributed by atoms with Gasteiger partial charge in [0, 0.05) is 73.1 Å². The molecule has 15 nitrogen and oxygen atoms in total. The first-order valence-corrected chi connectivity index (χ1v) is 22.1. The number of hydrogen-bond acceptors (Lipinski definition) is 12. The highest BCUT2D eigenvalue weighted by molar-refractivity contribution is 7.91. The Morgan fingerprint density at radius 1 is 0.919 bits per heavy atom. The second-order valence-electron chi connectivity index (χ2n) is 15.5. The molecule has 7 rings (SSSR count). The molecule has 1 saturated heterocycles. The number of phenols is 1. The number of fused-ring (bicyclic) bond motifs is 2. The number of H-pyrrole nitrogens is 1. The third-order valence-corrected chi connectivity index (χ3v) is 13.0. The molecule has 2 amide bonds. The van der Waals surface area contributed by atoms with Crippen molar-refractivity contribution < 1.29 is 33.0 Å². The van der Waals surface area contributed by atoms with Gasteiger partial charge in [-0.15, -0.1) is 0 Å². The van der Waals surface area contributed by atoms with E-state index in [0.717, 1.165) is 38.8 Å². The van der Waals surface area contributed by atoms with Gasteiger partial charge < -0.3 is 41.2 Å². The van der Waals surface area contributed by atoms with Gasteiger partial charge in [0.05, 0.1) is 45.3 Å². The van der Waals surface area contributed by atoms with Gasteiger partial charge in [-0.1, -0.05) is 31.0 Å². The molecule has 0 spiro atoms. The van der Waals surface area contributed by atoms with Crippen LogP contribution in [0.2, 0.25) is 0 Å². The van der Waals surface area contributed by atoms with Gasteiger partial charge >= 0.3 is 0 Å². The van der Waals surface area contributed by atoms with E-state index in [1.54, 1.807) is 67.5 Å². The van der Waals surface area contributed by atoms with Crippen LogP contribution < -0.4 is 26.7 Å². The van der Waals surface area contributed by atoms with Crippen molar-refractivity contribution in [1.29, 1.82) is 0 Å². The Labute approximate surface area is 359 Å². The van der Waals surface area contributed by atoms with Gasteiger partial charge in [-0.2, -0.15) is 0 Å². The minimum absolute atomic E-state index is 0.0206. The quantitative estimate of drug-likeness (QED) is 0.0634. The standard InChI is InChI=1S/C46H51N7O8S/c1-29-23-34(26-37-42(29)49-27-38(45(47)57)43(37)50-31-10-8-11-32(25-31)61-2)62(59,60)33-12-7-9-30(24-33)46(58)53-21-19-52(20-22-53)18-6-4-3-5-17-48-28-40(55)35-13-15-39(54)44-36(35)14-16-41(56)51-44/h7-16,23-27,40,48,54-55H,3-6,17-22,28H2,1-2H3,(H2,47,57)(H,49,50)(H,51,56)/t40-/m0/s1. The summed E-state index contributed by atoms with van der Waals surface area (Å²) in [7, 11) is -2.59. The highest BCUT2D eigenvalue weighted by atomic mass is 32.2. The van der Waals surface area contributed by atoms with Gasteiger partial charge in [0.2, 0.25) is 15.4 Å². The van der Waals surface area contributed by atoms with E-state index >= 15 is 0 Å². The van der Waals surface area contributed by atoms with Crippen molar-refractivity contribution in [2.45, 2.75) is 48.5 Å². The van der Waals surface area contributed by atoms with E-state index in [1.165, 1.54) is 42.6 Å². The molecule has 62 heavy (non-hydrogen) atoms. The molecule has 4 aromatic carbocycles. The Bertz CT molecular complexity index is 2790. The SMILES string of the molecule is COc1cccc(Nc2c(C(N)=O)cnc3c(C)cc(S(=O)(=O)c4cccc(C(=O)N5CCN(CCCCCCNC[C@H](O)c6ccc(O)c7[nH]c(=O)ccc67)CC5)c4)cc23)c1. The molecule has 324 valence electrons. The topological polar surface area (TPSA) is 220 Å².